The Morgan fingerprint density at radius 1 is 1.53 bits per heavy atom. The van der Waals surface area contributed by atoms with Crippen LogP contribution >= 0.6 is 11.8 Å². The molecule has 0 aliphatic carbocycles. The first-order valence-corrected chi connectivity index (χ1v) is 5.45. The number of thioether (sulfide) groups is 1. The Morgan fingerprint density at radius 2 is 2.33 bits per heavy atom. The van der Waals surface area contributed by atoms with E-state index in [0.29, 0.717) is 17.9 Å². The maximum absolute atomic E-state index is 11.3. The molecule has 0 fully saturated rings. The topological polar surface area (TPSA) is 79.5 Å². The molecule has 1 heterocycles. The lowest BCUT2D eigenvalue weighted by atomic mass is 10.3. The van der Waals surface area contributed by atoms with Gasteiger partial charge in [0, 0.05) is 12.3 Å². The molecule has 0 aromatic carbocycles. The number of carboxylic acid groups (broad SMARTS) is 1. The number of hydrogen-bond acceptors (Lipinski definition) is 4. The Labute approximate surface area is 90.8 Å². The van der Waals surface area contributed by atoms with Crippen molar-refractivity contribution in [3.05, 3.63) is 24.2 Å². The lowest BCUT2D eigenvalue weighted by molar-refractivity contribution is -0.133. The molecule has 0 bridgehead atoms. The first-order valence-electron chi connectivity index (χ1n) is 4.30. The number of amides is 1. The molecular weight excluding hydrogens is 218 g/mol. The molecule has 1 aromatic heterocycles. The van der Waals surface area contributed by atoms with E-state index in [1.165, 1.54) is 24.3 Å². The lowest BCUT2D eigenvalue weighted by Crippen LogP contribution is -2.25. The zero-order valence-corrected chi connectivity index (χ0v) is 8.75. The van der Waals surface area contributed by atoms with Crippen molar-refractivity contribution in [1.29, 1.82) is 0 Å². The number of furan rings is 1. The van der Waals surface area contributed by atoms with Gasteiger partial charge in [-0.3, -0.25) is 9.59 Å². The minimum Gasteiger partial charge on any atom is -0.481 e. The molecule has 0 saturated heterocycles. The van der Waals surface area contributed by atoms with Gasteiger partial charge >= 0.3 is 5.97 Å². The highest BCUT2D eigenvalue weighted by Crippen LogP contribution is 2.00. The Balaban J connectivity index is 2.10. The summed E-state index contributed by atoms with van der Waals surface area (Å²) in [5, 5.41) is 11.0. The van der Waals surface area contributed by atoms with Crippen LogP contribution in [0.2, 0.25) is 0 Å². The van der Waals surface area contributed by atoms with Crippen molar-refractivity contribution in [2.24, 2.45) is 0 Å². The first-order chi connectivity index (χ1) is 7.20. The van der Waals surface area contributed by atoms with E-state index in [-0.39, 0.29) is 11.7 Å². The van der Waals surface area contributed by atoms with Crippen molar-refractivity contribution in [3.8, 4) is 0 Å². The maximum atomic E-state index is 11.3. The average Bonchev–Trinajstić information content (AvgIpc) is 2.69. The van der Waals surface area contributed by atoms with Gasteiger partial charge < -0.3 is 14.8 Å². The summed E-state index contributed by atoms with van der Waals surface area (Å²) >= 11 is 1.26. The summed E-state index contributed by atoms with van der Waals surface area (Å²) in [6, 6.07) is 1.57. The van der Waals surface area contributed by atoms with E-state index in [9.17, 15) is 9.59 Å². The number of rotatable bonds is 6. The Hall–Kier alpha value is -1.43. The average molecular weight is 229 g/mol. The molecule has 0 radical (unpaired) electrons. The van der Waals surface area contributed by atoms with Crippen molar-refractivity contribution < 1.29 is 19.1 Å². The van der Waals surface area contributed by atoms with Crippen molar-refractivity contribution in [1.82, 2.24) is 5.32 Å². The summed E-state index contributed by atoms with van der Waals surface area (Å²) in [6.07, 6.45) is 2.79. The van der Waals surface area contributed by atoms with Crippen LogP contribution in [0.5, 0.6) is 0 Å². The van der Waals surface area contributed by atoms with Gasteiger partial charge in [-0.1, -0.05) is 0 Å². The zero-order valence-electron chi connectivity index (χ0n) is 7.93. The van der Waals surface area contributed by atoms with Gasteiger partial charge in [0.25, 0.3) is 5.91 Å². The number of carbonyl (C=O) groups excluding carboxylic acids is 1. The van der Waals surface area contributed by atoms with E-state index < -0.39 is 5.97 Å². The standard InChI is InChI=1S/C9H11NO4S/c11-8(12)6-15-4-2-10-9(13)7-1-3-14-5-7/h1,3,5H,2,4,6H2,(H,10,13)(H,11,12). The molecule has 0 unspecified atom stereocenters. The number of hydrogen-bond donors (Lipinski definition) is 2. The molecule has 0 aliphatic rings. The van der Waals surface area contributed by atoms with Gasteiger partial charge in [-0.25, -0.2) is 0 Å². The second kappa shape index (κ2) is 6.13. The molecule has 0 spiro atoms. The smallest absolute Gasteiger partial charge is 0.313 e. The Bertz CT molecular complexity index is 323. The van der Waals surface area contributed by atoms with Gasteiger partial charge in [0.05, 0.1) is 17.6 Å². The zero-order chi connectivity index (χ0) is 11.1. The molecule has 0 atom stereocenters. The van der Waals surface area contributed by atoms with Crippen LogP contribution in [-0.4, -0.2) is 35.0 Å². The third kappa shape index (κ3) is 4.55. The molecule has 2 N–H and O–H groups in total. The van der Waals surface area contributed by atoms with Crippen LogP contribution < -0.4 is 5.32 Å². The minimum absolute atomic E-state index is 0.0571. The van der Waals surface area contributed by atoms with E-state index in [0.717, 1.165) is 0 Å². The fraction of sp³-hybridized carbons (Fsp3) is 0.333. The van der Waals surface area contributed by atoms with E-state index in [1.807, 2.05) is 0 Å². The summed E-state index contributed by atoms with van der Waals surface area (Å²) < 4.78 is 4.75. The number of carbonyl (C=O) groups is 2. The summed E-state index contributed by atoms with van der Waals surface area (Å²) in [6.45, 7) is 0.446. The van der Waals surface area contributed by atoms with Gasteiger partial charge in [0.2, 0.25) is 0 Å². The molecule has 1 amide bonds. The van der Waals surface area contributed by atoms with E-state index in [1.54, 1.807) is 6.07 Å². The highest BCUT2D eigenvalue weighted by Gasteiger charge is 2.05. The molecule has 15 heavy (non-hydrogen) atoms. The largest absolute Gasteiger partial charge is 0.481 e. The maximum Gasteiger partial charge on any atom is 0.313 e. The molecule has 6 heteroatoms. The minimum atomic E-state index is -0.846. The highest BCUT2D eigenvalue weighted by molar-refractivity contribution is 7.99. The highest BCUT2D eigenvalue weighted by atomic mass is 32.2. The number of aliphatic carboxylic acids is 1. The summed E-state index contributed by atoms with van der Waals surface area (Å²) in [5.74, 6) is -0.418. The monoisotopic (exact) mass is 229 g/mol. The van der Waals surface area contributed by atoms with Crippen LogP contribution in [0.1, 0.15) is 10.4 Å². The van der Waals surface area contributed by atoms with Gasteiger partial charge in [0.15, 0.2) is 0 Å². The predicted octanol–water partition coefficient (Wildman–Crippen LogP) is 0.827. The summed E-state index contributed by atoms with van der Waals surface area (Å²) in [7, 11) is 0. The lowest BCUT2D eigenvalue weighted by Gasteiger charge is -2.01. The van der Waals surface area contributed by atoms with Crippen molar-refractivity contribution in [2.45, 2.75) is 0 Å². The van der Waals surface area contributed by atoms with Gasteiger partial charge in [-0.15, -0.1) is 11.8 Å². The fourth-order valence-corrected chi connectivity index (χ4v) is 1.46. The molecule has 82 valence electrons. The summed E-state index contributed by atoms with van der Waals surface area (Å²) in [4.78, 5) is 21.5. The van der Waals surface area contributed by atoms with Crippen molar-refractivity contribution in [2.75, 3.05) is 18.1 Å². The normalized spacial score (nSPS) is 9.87. The van der Waals surface area contributed by atoms with Crippen LogP contribution in [0.25, 0.3) is 0 Å². The van der Waals surface area contributed by atoms with E-state index in [4.69, 9.17) is 9.52 Å². The van der Waals surface area contributed by atoms with Gasteiger partial charge in [-0.2, -0.15) is 0 Å². The predicted molar refractivity (Wildman–Crippen MR) is 56.0 cm³/mol. The van der Waals surface area contributed by atoms with Gasteiger partial charge in [-0.05, 0) is 6.07 Å². The molecule has 0 aliphatic heterocycles. The van der Waals surface area contributed by atoms with Crippen molar-refractivity contribution >= 4 is 23.6 Å². The van der Waals surface area contributed by atoms with Gasteiger partial charge in [0.1, 0.15) is 6.26 Å². The second-order valence-corrected chi connectivity index (χ2v) is 3.82. The van der Waals surface area contributed by atoms with Crippen LogP contribution in [0.4, 0.5) is 0 Å². The molecular formula is C9H11NO4S. The number of nitrogens with one attached hydrogen (secondary N) is 1. The molecule has 1 rings (SSSR count). The fourth-order valence-electron chi connectivity index (χ4n) is 0.892. The molecule has 1 aromatic rings. The second-order valence-electron chi connectivity index (χ2n) is 2.71. The Kier molecular flexibility index (Phi) is 4.76. The van der Waals surface area contributed by atoms with Crippen LogP contribution in [-0.2, 0) is 4.79 Å². The van der Waals surface area contributed by atoms with Crippen LogP contribution in [0.15, 0.2) is 23.0 Å². The first kappa shape index (κ1) is 11.6. The quantitative estimate of drug-likeness (QED) is 0.706. The third-order valence-electron chi connectivity index (χ3n) is 1.54. The number of carboxylic acids is 1. The van der Waals surface area contributed by atoms with E-state index >= 15 is 0 Å². The molecule has 5 nitrogen and oxygen atoms in total. The van der Waals surface area contributed by atoms with Crippen LogP contribution in [0.3, 0.4) is 0 Å². The van der Waals surface area contributed by atoms with Crippen LogP contribution in [0, 0.1) is 0 Å². The Morgan fingerprint density at radius 3 is 2.93 bits per heavy atom. The van der Waals surface area contributed by atoms with E-state index in [2.05, 4.69) is 5.32 Å². The summed E-state index contributed by atoms with van der Waals surface area (Å²) in [5.41, 5.74) is 0.471. The van der Waals surface area contributed by atoms with Crippen molar-refractivity contribution in [3.63, 3.8) is 0 Å². The SMILES string of the molecule is O=C(O)CSCCNC(=O)c1ccoc1. The molecule has 0 saturated carbocycles. The third-order valence-corrected chi connectivity index (χ3v) is 2.48.